The molecule has 17 heteroatoms. The summed E-state index contributed by atoms with van der Waals surface area (Å²) in [5, 5.41) is 31.9. The highest BCUT2D eigenvalue weighted by Gasteiger charge is 2.52. The number of nitrogens with one attached hydrogen (secondary N) is 2. The zero-order chi connectivity index (χ0) is 31.8. The highest BCUT2D eigenvalue weighted by Crippen LogP contribution is 2.29. The molecule has 3 heterocycles. The Morgan fingerprint density at radius 2 is 1.13 bits per heavy atom. The predicted molar refractivity (Wildman–Crippen MR) is 167 cm³/mol. The topological polar surface area (TPSA) is 184 Å². The Morgan fingerprint density at radius 3 is 1.49 bits per heavy atom. The summed E-state index contributed by atoms with van der Waals surface area (Å²) in [6.07, 6.45) is -0.598. The van der Waals surface area contributed by atoms with E-state index in [9.17, 15) is 28.2 Å². The third kappa shape index (κ3) is 8.20. The molecule has 1 fully saturated rings. The molecule has 2 amide bonds. The average Bonchev–Trinajstić information content (AvgIpc) is 3.74. The number of hydrogen-bond donors (Lipinski definition) is 4. The highest BCUT2D eigenvalue weighted by atomic mass is 32.2. The SMILES string of the molecule is O=C(CN1C(COc2ccccc2)C(O)[C@H](O)[C@H](COc2ccccc2)N(CC(=O)Nc2nccs2)S1(=O)=O)Nc1nccs1. The van der Waals surface area contributed by atoms with Gasteiger partial charge in [-0.2, -0.15) is 17.0 Å². The first-order chi connectivity index (χ1) is 21.7. The van der Waals surface area contributed by atoms with Gasteiger partial charge in [-0.05, 0) is 24.3 Å². The summed E-state index contributed by atoms with van der Waals surface area (Å²) in [4.78, 5) is 34.3. The number of hydrogen-bond acceptors (Lipinski definition) is 12. The van der Waals surface area contributed by atoms with Crippen LogP contribution in [0.1, 0.15) is 0 Å². The van der Waals surface area contributed by atoms with Crippen LogP contribution in [0, 0.1) is 0 Å². The third-order valence-electron chi connectivity index (χ3n) is 6.76. The Kier molecular flexibility index (Phi) is 10.7. The standard InChI is InChI=1S/C28H30N6O8S3/c35-23(31-27-29-11-13-43-27)15-33-21(17-41-19-7-3-1-4-8-19)25(37)26(38)22(18-42-20-9-5-2-6-10-20)34(45(33,39)40)16-24(36)32-28-30-12-14-44-28/h1-14,21-22,25-26,37-38H,15-18H2,(H,29,31,35)(H,30,32,36)/t21-,22?,25+,26?/m0/s1. The van der Waals surface area contributed by atoms with Gasteiger partial charge in [-0.1, -0.05) is 36.4 Å². The first-order valence-electron chi connectivity index (χ1n) is 13.6. The van der Waals surface area contributed by atoms with Crippen LogP contribution in [0.5, 0.6) is 11.5 Å². The molecule has 4 atom stereocenters. The second kappa shape index (κ2) is 14.9. The van der Waals surface area contributed by atoms with Crippen molar-refractivity contribution >= 4 is 55.0 Å². The Hall–Kier alpha value is -3.97. The molecule has 0 spiro atoms. The molecule has 238 valence electrons. The van der Waals surface area contributed by atoms with Crippen molar-refractivity contribution in [3.05, 3.63) is 83.8 Å². The van der Waals surface area contributed by atoms with Crippen molar-refractivity contribution in [3.8, 4) is 11.5 Å². The van der Waals surface area contributed by atoms with Gasteiger partial charge in [0.25, 0.3) is 10.2 Å². The van der Waals surface area contributed by atoms with Crippen LogP contribution in [0.3, 0.4) is 0 Å². The van der Waals surface area contributed by atoms with Crippen LogP contribution in [-0.4, -0.2) is 99.6 Å². The quantitative estimate of drug-likeness (QED) is 0.172. The van der Waals surface area contributed by atoms with E-state index in [0.29, 0.717) is 11.5 Å². The summed E-state index contributed by atoms with van der Waals surface area (Å²) < 4.78 is 42.1. The average molecular weight is 675 g/mol. The van der Waals surface area contributed by atoms with Gasteiger partial charge in [0.15, 0.2) is 10.3 Å². The van der Waals surface area contributed by atoms with Crippen LogP contribution in [0.2, 0.25) is 0 Å². The lowest BCUT2D eigenvalue weighted by molar-refractivity contribution is -0.118. The van der Waals surface area contributed by atoms with E-state index in [1.165, 1.54) is 12.4 Å². The van der Waals surface area contributed by atoms with Gasteiger partial charge < -0.3 is 30.3 Å². The molecule has 0 saturated carbocycles. The zero-order valence-electron chi connectivity index (χ0n) is 23.6. The van der Waals surface area contributed by atoms with Gasteiger partial charge in [0.05, 0.1) is 25.2 Å². The van der Waals surface area contributed by atoms with Gasteiger partial charge in [0.1, 0.15) is 36.9 Å². The molecule has 45 heavy (non-hydrogen) atoms. The molecule has 2 aromatic heterocycles. The van der Waals surface area contributed by atoms with Crippen LogP contribution in [0.4, 0.5) is 10.3 Å². The van der Waals surface area contributed by atoms with E-state index in [-0.39, 0.29) is 10.3 Å². The first-order valence-corrected chi connectivity index (χ1v) is 16.8. The Balaban J connectivity index is 1.50. The van der Waals surface area contributed by atoms with Gasteiger partial charge in [-0.25, -0.2) is 9.97 Å². The van der Waals surface area contributed by atoms with Gasteiger partial charge in [0.2, 0.25) is 11.8 Å². The van der Waals surface area contributed by atoms with Crippen LogP contribution in [-0.2, 0) is 19.8 Å². The first kappa shape index (κ1) is 32.4. The van der Waals surface area contributed by atoms with E-state index < -0.39 is 72.6 Å². The summed E-state index contributed by atoms with van der Waals surface area (Å²) in [5.74, 6) is -0.773. The van der Waals surface area contributed by atoms with Crippen molar-refractivity contribution in [2.75, 3.05) is 36.9 Å². The largest absolute Gasteiger partial charge is 0.492 e. The maximum atomic E-state index is 14.5. The fourth-order valence-corrected chi connectivity index (χ4v) is 7.58. The van der Waals surface area contributed by atoms with E-state index in [1.807, 2.05) is 0 Å². The number of ether oxygens (including phenoxy) is 2. The molecular formula is C28H30N6O8S3. The summed E-state index contributed by atoms with van der Waals surface area (Å²) >= 11 is 2.26. The number of thiazole rings is 2. The molecule has 2 unspecified atom stereocenters. The van der Waals surface area contributed by atoms with Crippen molar-refractivity contribution in [1.82, 2.24) is 18.6 Å². The third-order valence-corrected chi connectivity index (χ3v) is 10.1. The molecule has 0 bridgehead atoms. The smallest absolute Gasteiger partial charge is 0.283 e. The number of rotatable bonds is 12. The molecular weight excluding hydrogens is 645 g/mol. The van der Waals surface area contributed by atoms with Crippen molar-refractivity contribution in [2.45, 2.75) is 24.3 Å². The maximum Gasteiger partial charge on any atom is 0.283 e. The van der Waals surface area contributed by atoms with Gasteiger partial charge >= 0.3 is 0 Å². The van der Waals surface area contributed by atoms with Gasteiger partial charge in [0, 0.05) is 23.2 Å². The number of para-hydroxylation sites is 2. The van der Waals surface area contributed by atoms with Crippen LogP contribution < -0.4 is 20.1 Å². The zero-order valence-corrected chi connectivity index (χ0v) is 26.0. The summed E-state index contributed by atoms with van der Waals surface area (Å²) in [7, 11) is -4.79. The predicted octanol–water partition coefficient (Wildman–Crippen LogP) is 1.66. The minimum atomic E-state index is -4.79. The number of aliphatic hydroxyl groups is 2. The molecule has 1 aliphatic heterocycles. The van der Waals surface area contributed by atoms with Crippen molar-refractivity contribution in [1.29, 1.82) is 0 Å². The molecule has 1 saturated heterocycles. The lowest BCUT2D eigenvalue weighted by Gasteiger charge is -2.33. The van der Waals surface area contributed by atoms with Gasteiger partial charge in [-0.3, -0.25) is 9.59 Å². The number of anilines is 2. The number of benzene rings is 2. The van der Waals surface area contributed by atoms with E-state index in [0.717, 1.165) is 31.3 Å². The number of carbonyl (C=O) groups excluding carboxylic acids is 2. The number of amides is 2. The highest BCUT2D eigenvalue weighted by molar-refractivity contribution is 7.86. The van der Waals surface area contributed by atoms with E-state index >= 15 is 0 Å². The molecule has 1 aliphatic rings. The Bertz CT molecular complexity index is 1510. The second-order valence-electron chi connectivity index (χ2n) is 9.73. The molecule has 2 aromatic carbocycles. The summed E-state index contributed by atoms with van der Waals surface area (Å²) in [5.41, 5.74) is 0. The molecule has 4 aromatic rings. The lowest BCUT2D eigenvalue weighted by Crippen LogP contribution is -2.56. The van der Waals surface area contributed by atoms with Crippen LogP contribution in [0.25, 0.3) is 0 Å². The lowest BCUT2D eigenvalue weighted by atomic mass is 9.99. The van der Waals surface area contributed by atoms with Crippen LogP contribution >= 0.6 is 22.7 Å². The fraction of sp³-hybridized carbons (Fsp3) is 0.286. The van der Waals surface area contributed by atoms with Crippen molar-refractivity contribution < 1.29 is 37.7 Å². The fourth-order valence-electron chi connectivity index (χ4n) is 4.60. The van der Waals surface area contributed by atoms with E-state index in [2.05, 4.69) is 20.6 Å². The molecule has 14 nitrogen and oxygen atoms in total. The Labute approximate surface area is 267 Å². The van der Waals surface area contributed by atoms with E-state index in [4.69, 9.17) is 9.47 Å². The number of aliphatic hydroxyl groups excluding tert-OH is 2. The monoisotopic (exact) mass is 674 g/mol. The maximum absolute atomic E-state index is 14.5. The number of aromatic nitrogens is 2. The minimum Gasteiger partial charge on any atom is -0.492 e. The van der Waals surface area contributed by atoms with E-state index in [1.54, 1.807) is 71.4 Å². The van der Waals surface area contributed by atoms with Crippen molar-refractivity contribution in [3.63, 3.8) is 0 Å². The number of nitrogens with zero attached hydrogens (tertiary/aromatic N) is 4. The van der Waals surface area contributed by atoms with Crippen molar-refractivity contribution in [2.24, 2.45) is 0 Å². The normalized spacial score (nSPS) is 21.8. The Morgan fingerprint density at radius 1 is 0.733 bits per heavy atom. The molecule has 0 aliphatic carbocycles. The molecule has 4 N–H and O–H groups in total. The van der Waals surface area contributed by atoms with Gasteiger partial charge in [-0.15, -0.1) is 22.7 Å². The number of carbonyl (C=O) groups is 2. The second-order valence-corrected chi connectivity index (χ2v) is 13.4. The molecule has 0 radical (unpaired) electrons. The van der Waals surface area contributed by atoms with Crippen LogP contribution in [0.15, 0.2) is 83.8 Å². The summed E-state index contributed by atoms with van der Waals surface area (Å²) in [6, 6.07) is 14.0. The molecule has 5 rings (SSSR count). The summed E-state index contributed by atoms with van der Waals surface area (Å²) in [6.45, 7) is -2.44. The minimum absolute atomic E-state index is 0.235.